The van der Waals surface area contributed by atoms with Gasteiger partial charge in [-0.2, -0.15) is 0 Å². The third kappa shape index (κ3) is 2.81. The molecule has 0 aliphatic heterocycles. The van der Waals surface area contributed by atoms with Crippen LogP contribution in [0.1, 0.15) is 0 Å². The zero-order valence-electron chi connectivity index (χ0n) is 6.29. The molecule has 0 saturated carbocycles. The number of halogens is 7. The average molecular weight is 301 g/mol. The molecule has 0 aliphatic carbocycles. The number of rotatable bonds is 1. The van der Waals surface area contributed by atoms with Gasteiger partial charge in [0, 0.05) is 4.47 Å². The summed E-state index contributed by atoms with van der Waals surface area (Å²) in [5.74, 6) is -1.37. The van der Waals surface area contributed by atoms with E-state index in [0.29, 0.717) is 6.07 Å². The van der Waals surface area contributed by atoms with Crippen molar-refractivity contribution in [3.05, 3.63) is 28.5 Å². The van der Waals surface area contributed by atoms with E-state index in [1.54, 1.807) is 0 Å². The summed E-state index contributed by atoms with van der Waals surface area (Å²) in [5, 5.41) is 0. The SMILES string of the molecule is Fc1cc(Br)cc(S(F)(F)(F)(F)F)c1. The van der Waals surface area contributed by atoms with Crippen molar-refractivity contribution < 1.29 is 23.8 Å². The molecule has 8 heteroatoms. The van der Waals surface area contributed by atoms with E-state index in [-0.39, 0.29) is 16.6 Å². The van der Waals surface area contributed by atoms with Crippen LogP contribution in [0, 0.1) is 5.82 Å². The Morgan fingerprint density at radius 2 is 1.43 bits per heavy atom. The van der Waals surface area contributed by atoms with Gasteiger partial charge in [-0.1, -0.05) is 35.4 Å². The van der Waals surface area contributed by atoms with E-state index in [4.69, 9.17) is 0 Å². The van der Waals surface area contributed by atoms with Crippen LogP contribution in [0.5, 0.6) is 0 Å². The summed E-state index contributed by atoms with van der Waals surface area (Å²) >= 11 is 2.50. The zero-order chi connectivity index (χ0) is 11.3. The fourth-order valence-corrected chi connectivity index (χ4v) is 2.05. The molecule has 82 valence electrons. The Bertz CT molecular complexity index is 362. The molecule has 0 spiro atoms. The van der Waals surface area contributed by atoms with Crippen LogP contribution in [0.4, 0.5) is 23.8 Å². The Labute approximate surface area is 83.8 Å². The minimum Gasteiger partial charge on any atom is -0.207 e. The van der Waals surface area contributed by atoms with Crippen LogP contribution in [0.15, 0.2) is 27.6 Å². The highest BCUT2D eigenvalue weighted by molar-refractivity contribution is 9.10. The summed E-state index contributed by atoms with van der Waals surface area (Å²) < 4.78 is 72.7. The molecule has 1 aromatic rings. The second-order valence-electron chi connectivity index (χ2n) is 2.57. The maximum atomic E-state index is 12.5. The van der Waals surface area contributed by atoms with Crippen LogP contribution in [0.3, 0.4) is 0 Å². The maximum absolute atomic E-state index is 12.5. The van der Waals surface area contributed by atoms with Crippen molar-refractivity contribution in [2.24, 2.45) is 0 Å². The molecule has 0 aliphatic rings. The lowest BCUT2D eigenvalue weighted by molar-refractivity contribution is 0.363. The first kappa shape index (κ1) is 11.7. The van der Waals surface area contributed by atoms with Crippen molar-refractivity contribution in [1.29, 1.82) is 0 Å². The monoisotopic (exact) mass is 300 g/mol. The first-order valence-corrected chi connectivity index (χ1v) is 5.83. The molecule has 1 rings (SSSR count). The van der Waals surface area contributed by atoms with Crippen molar-refractivity contribution in [2.75, 3.05) is 0 Å². The molecule has 0 nitrogen and oxygen atoms in total. The van der Waals surface area contributed by atoms with E-state index >= 15 is 0 Å². The minimum atomic E-state index is -9.77. The van der Waals surface area contributed by atoms with Crippen LogP contribution in [0.2, 0.25) is 0 Å². The molecule has 0 radical (unpaired) electrons. The largest absolute Gasteiger partial charge is 0.310 e. The second-order valence-corrected chi connectivity index (χ2v) is 5.90. The van der Waals surface area contributed by atoms with E-state index in [1.165, 1.54) is 0 Å². The Kier molecular flexibility index (Phi) is 2.01. The molecule has 0 N–H and O–H groups in total. The van der Waals surface area contributed by atoms with Gasteiger partial charge in [-0.25, -0.2) is 4.39 Å². The van der Waals surface area contributed by atoms with Crippen LogP contribution in [-0.4, -0.2) is 0 Å². The van der Waals surface area contributed by atoms with Crippen molar-refractivity contribution in [2.45, 2.75) is 4.90 Å². The first-order chi connectivity index (χ1) is 5.88. The average Bonchev–Trinajstić information content (AvgIpc) is 1.78. The van der Waals surface area contributed by atoms with E-state index in [1.807, 2.05) is 0 Å². The van der Waals surface area contributed by atoms with Gasteiger partial charge >= 0.3 is 10.2 Å². The van der Waals surface area contributed by atoms with Crippen LogP contribution < -0.4 is 0 Å². The van der Waals surface area contributed by atoms with Gasteiger partial charge in [-0.3, -0.25) is 0 Å². The number of hydrogen-bond donors (Lipinski definition) is 0. The number of benzene rings is 1. The van der Waals surface area contributed by atoms with Gasteiger partial charge in [-0.15, -0.1) is 0 Å². The summed E-state index contributed by atoms with van der Waals surface area (Å²) in [4.78, 5) is -2.24. The fraction of sp³-hybridized carbons (Fsp3) is 0. The molecule has 0 bridgehead atoms. The fourth-order valence-electron chi connectivity index (χ4n) is 0.751. The molecule has 0 heterocycles. The van der Waals surface area contributed by atoms with E-state index < -0.39 is 20.9 Å². The van der Waals surface area contributed by atoms with Gasteiger partial charge in [0.15, 0.2) is 0 Å². The molecule has 0 amide bonds. The predicted molar refractivity (Wildman–Crippen MR) is 45.5 cm³/mol. The van der Waals surface area contributed by atoms with E-state index in [2.05, 4.69) is 15.9 Å². The Morgan fingerprint density at radius 1 is 0.929 bits per heavy atom. The third-order valence-electron chi connectivity index (χ3n) is 1.28. The van der Waals surface area contributed by atoms with Gasteiger partial charge in [-0.05, 0) is 18.2 Å². The van der Waals surface area contributed by atoms with Gasteiger partial charge in [0.1, 0.15) is 10.7 Å². The lowest BCUT2D eigenvalue weighted by Gasteiger charge is -2.40. The third-order valence-corrected chi connectivity index (χ3v) is 2.87. The quantitative estimate of drug-likeness (QED) is 0.622. The molecule has 0 unspecified atom stereocenters. The summed E-state index contributed by atoms with van der Waals surface area (Å²) in [7, 11) is -9.77. The molecule has 1 aromatic carbocycles. The van der Waals surface area contributed by atoms with Gasteiger partial charge in [0.2, 0.25) is 0 Å². The van der Waals surface area contributed by atoms with Gasteiger partial charge < -0.3 is 0 Å². The molecular weight excluding hydrogens is 298 g/mol. The Hall–Kier alpha value is -0.370. The summed E-state index contributed by atoms with van der Waals surface area (Å²) in [5.41, 5.74) is 0. The minimum absolute atomic E-state index is 0.143. The van der Waals surface area contributed by atoms with Crippen molar-refractivity contribution in [3.63, 3.8) is 0 Å². The second kappa shape index (κ2) is 2.41. The van der Waals surface area contributed by atoms with E-state index in [9.17, 15) is 23.8 Å². The highest BCUT2D eigenvalue weighted by atomic mass is 79.9. The van der Waals surface area contributed by atoms with Crippen LogP contribution in [-0.2, 0) is 0 Å². The van der Waals surface area contributed by atoms with Crippen LogP contribution >= 0.6 is 26.2 Å². The van der Waals surface area contributed by atoms with Gasteiger partial charge in [0.25, 0.3) is 0 Å². The summed E-state index contributed by atoms with van der Waals surface area (Å²) in [6.07, 6.45) is 0. The summed E-state index contributed by atoms with van der Waals surface area (Å²) in [6.45, 7) is 0. The zero-order valence-corrected chi connectivity index (χ0v) is 8.69. The molecule has 0 saturated heterocycles. The predicted octanol–water partition coefficient (Wildman–Crippen LogP) is 5.25. The topological polar surface area (TPSA) is 0 Å². The Morgan fingerprint density at radius 3 is 1.79 bits per heavy atom. The summed E-state index contributed by atoms with van der Waals surface area (Å²) in [6, 6.07) is 0.573. The molecule has 0 fully saturated rings. The van der Waals surface area contributed by atoms with Crippen LogP contribution in [0.25, 0.3) is 0 Å². The normalized spacial score (nSPS) is 17.4. The van der Waals surface area contributed by atoms with Crippen molar-refractivity contribution in [3.8, 4) is 0 Å². The van der Waals surface area contributed by atoms with Gasteiger partial charge in [0.05, 0.1) is 0 Å². The Balaban J connectivity index is 3.50. The number of hydrogen-bond acceptors (Lipinski definition) is 0. The lowest BCUT2D eigenvalue weighted by atomic mass is 10.3. The lowest BCUT2D eigenvalue weighted by Crippen LogP contribution is -2.06. The smallest absolute Gasteiger partial charge is 0.207 e. The highest BCUT2D eigenvalue weighted by Crippen LogP contribution is 3.02. The van der Waals surface area contributed by atoms with Crippen molar-refractivity contribution >= 4 is 26.2 Å². The van der Waals surface area contributed by atoms with Crippen molar-refractivity contribution in [1.82, 2.24) is 0 Å². The molecule has 0 atom stereocenters. The molecule has 14 heavy (non-hydrogen) atoms. The standard InChI is InChI=1S/C6H3BrF6S/c7-4-1-5(8)3-6(2-4)14(9,10,11,12)13/h1-3H. The molecule has 0 aromatic heterocycles. The highest BCUT2D eigenvalue weighted by Gasteiger charge is 2.65. The maximum Gasteiger partial charge on any atom is 0.310 e. The van der Waals surface area contributed by atoms with E-state index in [0.717, 1.165) is 0 Å². The molecular formula is C6H3BrF6S. The first-order valence-electron chi connectivity index (χ1n) is 3.09.